The van der Waals surface area contributed by atoms with Gasteiger partial charge in [0.15, 0.2) is 0 Å². The fraction of sp³-hybridized carbons (Fsp3) is 0. The van der Waals surface area contributed by atoms with Gasteiger partial charge < -0.3 is 5.11 Å². The molecule has 2 aromatic rings. The molecular formula is C13H10O3S. The first-order chi connectivity index (χ1) is 8.18. The van der Waals surface area contributed by atoms with E-state index in [1.54, 1.807) is 24.3 Å². The molecule has 0 aromatic heterocycles. The van der Waals surface area contributed by atoms with Gasteiger partial charge in [-0.15, -0.1) is 0 Å². The minimum absolute atomic E-state index is 0.193. The molecule has 0 spiro atoms. The van der Waals surface area contributed by atoms with Crippen molar-refractivity contribution in [3.05, 3.63) is 60.2 Å². The van der Waals surface area contributed by atoms with Crippen LogP contribution in [0.1, 0.15) is 10.4 Å². The van der Waals surface area contributed by atoms with E-state index in [1.165, 1.54) is 12.1 Å². The predicted octanol–water partition coefficient (Wildman–Crippen LogP) is 2.55. The summed E-state index contributed by atoms with van der Waals surface area (Å²) in [7, 11) is -1.26. The first-order valence-electron chi connectivity index (χ1n) is 4.98. The standard InChI is InChI=1S/C13H10O3S/c14-13(15)10-6-8-12(9-7-10)17(16)11-4-2-1-3-5-11/h1-9H,(H,14,15)/t17-/m0/s1. The van der Waals surface area contributed by atoms with E-state index in [-0.39, 0.29) is 5.56 Å². The van der Waals surface area contributed by atoms with Crippen molar-refractivity contribution in [1.82, 2.24) is 0 Å². The number of hydrogen-bond donors (Lipinski definition) is 1. The van der Waals surface area contributed by atoms with Crippen molar-refractivity contribution >= 4 is 16.8 Å². The molecule has 86 valence electrons. The van der Waals surface area contributed by atoms with Crippen molar-refractivity contribution in [3.63, 3.8) is 0 Å². The SMILES string of the molecule is O=C(O)c1ccc([S@@](=O)c2ccccc2)cc1. The fourth-order valence-electron chi connectivity index (χ4n) is 1.40. The molecule has 2 aromatic carbocycles. The van der Waals surface area contributed by atoms with Crippen LogP contribution in [0.15, 0.2) is 64.4 Å². The molecule has 3 nitrogen and oxygen atoms in total. The van der Waals surface area contributed by atoms with Crippen LogP contribution in [-0.4, -0.2) is 15.3 Å². The lowest BCUT2D eigenvalue weighted by Crippen LogP contribution is -1.97. The van der Waals surface area contributed by atoms with Gasteiger partial charge in [0.1, 0.15) is 0 Å². The van der Waals surface area contributed by atoms with E-state index in [9.17, 15) is 9.00 Å². The first-order valence-corrected chi connectivity index (χ1v) is 6.13. The van der Waals surface area contributed by atoms with Crippen LogP contribution in [0.3, 0.4) is 0 Å². The van der Waals surface area contributed by atoms with Crippen molar-refractivity contribution in [1.29, 1.82) is 0 Å². The average molecular weight is 246 g/mol. The van der Waals surface area contributed by atoms with Gasteiger partial charge in [0.2, 0.25) is 0 Å². The first kappa shape index (κ1) is 11.5. The third kappa shape index (κ3) is 2.60. The second kappa shape index (κ2) is 4.93. The van der Waals surface area contributed by atoms with Crippen LogP contribution in [0, 0.1) is 0 Å². The van der Waals surface area contributed by atoms with E-state index in [0.717, 1.165) is 0 Å². The maximum absolute atomic E-state index is 12.1. The number of carbonyl (C=O) groups is 1. The van der Waals surface area contributed by atoms with Crippen LogP contribution in [0.5, 0.6) is 0 Å². The molecule has 0 heterocycles. The third-order valence-corrected chi connectivity index (χ3v) is 3.67. The van der Waals surface area contributed by atoms with Crippen molar-refractivity contribution in [2.45, 2.75) is 9.79 Å². The Morgan fingerprint density at radius 3 is 1.94 bits per heavy atom. The van der Waals surface area contributed by atoms with Crippen LogP contribution >= 0.6 is 0 Å². The van der Waals surface area contributed by atoms with Gasteiger partial charge in [-0.2, -0.15) is 0 Å². The molecule has 0 aliphatic rings. The van der Waals surface area contributed by atoms with Crippen LogP contribution in [0.2, 0.25) is 0 Å². The van der Waals surface area contributed by atoms with E-state index in [1.807, 2.05) is 18.2 Å². The lowest BCUT2D eigenvalue weighted by atomic mass is 10.2. The van der Waals surface area contributed by atoms with E-state index in [2.05, 4.69) is 0 Å². The number of aromatic carboxylic acids is 1. The monoisotopic (exact) mass is 246 g/mol. The van der Waals surface area contributed by atoms with Gasteiger partial charge in [0.05, 0.1) is 16.4 Å². The van der Waals surface area contributed by atoms with E-state index >= 15 is 0 Å². The van der Waals surface area contributed by atoms with Crippen LogP contribution < -0.4 is 0 Å². The zero-order valence-corrected chi connectivity index (χ0v) is 9.68. The van der Waals surface area contributed by atoms with Crippen molar-refractivity contribution < 1.29 is 14.1 Å². The summed E-state index contributed by atoms with van der Waals surface area (Å²) in [5.74, 6) is -0.984. The topological polar surface area (TPSA) is 54.4 Å². The van der Waals surface area contributed by atoms with Crippen molar-refractivity contribution in [2.75, 3.05) is 0 Å². The Morgan fingerprint density at radius 2 is 1.41 bits per heavy atom. The highest BCUT2D eigenvalue weighted by atomic mass is 32.2. The number of hydrogen-bond acceptors (Lipinski definition) is 2. The van der Waals surface area contributed by atoms with Gasteiger partial charge in [-0.1, -0.05) is 18.2 Å². The lowest BCUT2D eigenvalue weighted by Gasteiger charge is -2.02. The maximum atomic E-state index is 12.1. The highest BCUT2D eigenvalue weighted by molar-refractivity contribution is 7.85. The Morgan fingerprint density at radius 1 is 0.882 bits per heavy atom. The highest BCUT2D eigenvalue weighted by Gasteiger charge is 2.08. The quantitative estimate of drug-likeness (QED) is 0.905. The molecule has 0 aliphatic heterocycles. The summed E-state index contributed by atoms with van der Waals surface area (Å²) >= 11 is 0. The molecule has 0 bridgehead atoms. The molecule has 2 rings (SSSR count). The van der Waals surface area contributed by atoms with Gasteiger partial charge >= 0.3 is 5.97 Å². The molecule has 0 amide bonds. The summed E-state index contributed by atoms with van der Waals surface area (Å²) < 4.78 is 12.1. The summed E-state index contributed by atoms with van der Waals surface area (Å²) in [6, 6.07) is 15.1. The minimum atomic E-state index is -1.26. The molecule has 4 heteroatoms. The Bertz CT molecular complexity index is 547. The zero-order chi connectivity index (χ0) is 12.3. The summed E-state index contributed by atoms with van der Waals surface area (Å²) in [5.41, 5.74) is 0.193. The predicted molar refractivity (Wildman–Crippen MR) is 64.5 cm³/mol. The third-order valence-electron chi connectivity index (χ3n) is 2.27. The largest absolute Gasteiger partial charge is 0.478 e. The number of rotatable bonds is 3. The highest BCUT2D eigenvalue weighted by Crippen LogP contribution is 2.16. The second-order valence-electron chi connectivity index (χ2n) is 3.41. The molecule has 1 N–H and O–H groups in total. The maximum Gasteiger partial charge on any atom is 0.335 e. The van der Waals surface area contributed by atoms with Gasteiger partial charge in [0, 0.05) is 9.79 Å². The molecule has 0 saturated carbocycles. The van der Waals surface area contributed by atoms with Crippen LogP contribution in [0.4, 0.5) is 0 Å². The average Bonchev–Trinajstić information content (AvgIpc) is 2.39. The summed E-state index contributed by atoms with van der Waals surface area (Å²) in [6.45, 7) is 0. The molecule has 0 saturated heterocycles. The molecule has 0 aliphatic carbocycles. The van der Waals surface area contributed by atoms with Gasteiger partial charge in [-0.25, -0.2) is 9.00 Å². The van der Waals surface area contributed by atoms with Crippen molar-refractivity contribution in [3.8, 4) is 0 Å². The molecule has 0 unspecified atom stereocenters. The fourth-order valence-corrected chi connectivity index (χ4v) is 2.46. The van der Waals surface area contributed by atoms with Crippen LogP contribution in [0.25, 0.3) is 0 Å². The second-order valence-corrected chi connectivity index (χ2v) is 4.89. The van der Waals surface area contributed by atoms with E-state index in [4.69, 9.17) is 5.11 Å². The van der Waals surface area contributed by atoms with E-state index < -0.39 is 16.8 Å². The number of carboxylic acids is 1. The Kier molecular flexibility index (Phi) is 3.35. The molecular weight excluding hydrogens is 236 g/mol. The Hall–Kier alpha value is -1.94. The van der Waals surface area contributed by atoms with Gasteiger partial charge in [-0.3, -0.25) is 0 Å². The summed E-state index contributed by atoms with van der Waals surface area (Å²) in [6.07, 6.45) is 0. The van der Waals surface area contributed by atoms with Gasteiger partial charge in [0.25, 0.3) is 0 Å². The normalized spacial score (nSPS) is 12.0. The molecule has 0 fully saturated rings. The summed E-state index contributed by atoms with van der Waals surface area (Å²) in [5, 5.41) is 8.76. The van der Waals surface area contributed by atoms with E-state index in [0.29, 0.717) is 9.79 Å². The zero-order valence-electron chi connectivity index (χ0n) is 8.87. The van der Waals surface area contributed by atoms with Crippen molar-refractivity contribution in [2.24, 2.45) is 0 Å². The lowest BCUT2D eigenvalue weighted by molar-refractivity contribution is 0.0697. The molecule has 0 radical (unpaired) electrons. The minimum Gasteiger partial charge on any atom is -0.478 e. The van der Waals surface area contributed by atoms with Gasteiger partial charge in [-0.05, 0) is 36.4 Å². The Balaban J connectivity index is 2.30. The number of benzene rings is 2. The smallest absolute Gasteiger partial charge is 0.335 e. The molecule has 17 heavy (non-hydrogen) atoms. The Labute approximate surface area is 101 Å². The van der Waals surface area contributed by atoms with Crippen LogP contribution in [-0.2, 0) is 10.8 Å². The molecule has 1 atom stereocenters. The summed E-state index contributed by atoms with van der Waals surface area (Å²) in [4.78, 5) is 12.0. The number of carboxylic acid groups (broad SMARTS) is 1.